The molecule has 0 radical (unpaired) electrons. The predicted molar refractivity (Wildman–Crippen MR) is 98.6 cm³/mol. The highest BCUT2D eigenvalue weighted by molar-refractivity contribution is 5.95. The van der Waals surface area contributed by atoms with Crippen LogP contribution in [0.3, 0.4) is 0 Å². The molecular weight excluding hydrogens is 328 g/mol. The molecule has 0 aromatic heterocycles. The van der Waals surface area contributed by atoms with Crippen molar-refractivity contribution in [2.45, 2.75) is 57.1 Å². The smallest absolute Gasteiger partial charge is 0.253 e. The molecule has 5 heteroatoms. The van der Waals surface area contributed by atoms with Gasteiger partial charge in [-0.3, -0.25) is 9.59 Å². The first-order valence-electron chi connectivity index (χ1n) is 9.92. The van der Waals surface area contributed by atoms with Crippen molar-refractivity contribution < 1.29 is 14.7 Å². The van der Waals surface area contributed by atoms with Gasteiger partial charge in [-0.15, -0.1) is 0 Å². The number of benzene rings is 1. The van der Waals surface area contributed by atoms with Crippen molar-refractivity contribution in [2.24, 2.45) is 5.41 Å². The van der Waals surface area contributed by atoms with Gasteiger partial charge < -0.3 is 14.9 Å². The van der Waals surface area contributed by atoms with E-state index in [0.717, 1.165) is 58.0 Å². The van der Waals surface area contributed by atoms with Crippen LogP contribution in [-0.4, -0.2) is 58.5 Å². The van der Waals surface area contributed by atoms with Crippen LogP contribution in [0.4, 0.5) is 0 Å². The second-order valence-corrected chi connectivity index (χ2v) is 8.19. The van der Waals surface area contributed by atoms with Crippen LogP contribution in [0.15, 0.2) is 30.3 Å². The number of amides is 2. The van der Waals surface area contributed by atoms with Crippen LogP contribution in [-0.2, 0) is 4.79 Å². The molecule has 5 nitrogen and oxygen atoms in total. The first-order valence-corrected chi connectivity index (χ1v) is 9.92. The van der Waals surface area contributed by atoms with Crippen LogP contribution in [0.5, 0.6) is 0 Å². The summed E-state index contributed by atoms with van der Waals surface area (Å²) in [6, 6.07) is 9.64. The fourth-order valence-corrected chi connectivity index (χ4v) is 5.01. The molecule has 3 fully saturated rings. The molecule has 26 heavy (non-hydrogen) atoms. The van der Waals surface area contributed by atoms with Gasteiger partial charge in [0.2, 0.25) is 5.91 Å². The molecule has 2 aliphatic heterocycles. The van der Waals surface area contributed by atoms with Gasteiger partial charge in [0.15, 0.2) is 0 Å². The Kier molecular flexibility index (Phi) is 4.74. The summed E-state index contributed by atoms with van der Waals surface area (Å²) in [6.07, 6.45) is 5.80. The van der Waals surface area contributed by atoms with E-state index in [1.165, 1.54) is 0 Å². The van der Waals surface area contributed by atoms with Crippen molar-refractivity contribution in [1.29, 1.82) is 0 Å². The second-order valence-electron chi connectivity index (χ2n) is 8.19. The number of likely N-dealkylation sites (tertiary alicyclic amines) is 2. The predicted octanol–water partition coefficient (Wildman–Crippen LogP) is 2.44. The van der Waals surface area contributed by atoms with Gasteiger partial charge in [-0.1, -0.05) is 18.2 Å². The molecule has 3 aliphatic rings. The summed E-state index contributed by atoms with van der Waals surface area (Å²) in [6.45, 7) is 2.08. The summed E-state index contributed by atoms with van der Waals surface area (Å²) in [4.78, 5) is 30.1. The molecule has 2 saturated heterocycles. The van der Waals surface area contributed by atoms with Crippen LogP contribution in [0.2, 0.25) is 0 Å². The maximum Gasteiger partial charge on any atom is 0.253 e. The zero-order valence-corrected chi connectivity index (χ0v) is 15.3. The highest BCUT2D eigenvalue weighted by Crippen LogP contribution is 2.42. The third-order valence-corrected chi connectivity index (χ3v) is 6.54. The molecule has 4 rings (SSSR count). The quantitative estimate of drug-likeness (QED) is 0.885. The van der Waals surface area contributed by atoms with E-state index in [4.69, 9.17) is 0 Å². The number of aliphatic hydroxyl groups is 1. The molecule has 2 amide bonds. The lowest BCUT2D eigenvalue weighted by atomic mass is 9.78. The SMILES string of the molecule is O=C(c1ccccc1)N1CCCC2(CCN([C@H]3CC[C@H](O)CC3)C2=O)C1. The Hall–Kier alpha value is -1.88. The fourth-order valence-electron chi connectivity index (χ4n) is 5.01. The molecule has 2 heterocycles. The van der Waals surface area contributed by atoms with Crippen molar-refractivity contribution in [1.82, 2.24) is 9.80 Å². The first-order chi connectivity index (χ1) is 12.6. The van der Waals surface area contributed by atoms with E-state index in [9.17, 15) is 14.7 Å². The maximum absolute atomic E-state index is 13.3. The minimum atomic E-state index is -0.390. The highest BCUT2D eigenvalue weighted by Gasteiger charge is 2.51. The number of carbonyl (C=O) groups is 2. The Morgan fingerprint density at radius 3 is 2.50 bits per heavy atom. The van der Waals surface area contributed by atoms with E-state index in [1.807, 2.05) is 35.2 Å². The fraction of sp³-hybridized carbons (Fsp3) is 0.619. The lowest BCUT2D eigenvalue weighted by molar-refractivity contribution is -0.141. The topological polar surface area (TPSA) is 60.9 Å². The third kappa shape index (κ3) is 3.13. The Bertz CT molecular complexity index is 669. The molecule has 1 aromatic carbocycles. The van der Waals surface area contributed by atoms with Gasteiger partial charge in [-0.2, -0.15) is 0 Å². The Balaban J connectivity index is 1.46. The highest BCUT2D eigenvalue weighted by atomic mass is 16.3. The van der Waals surface area contributed by atoms with Crippen molar-refractivity contribution in [3.8, 4) is 0 Å². The third-order valence-electron chi connectivity index (χ3n) is 6.54. The Labute approximate surface area is 155 Å². The number of aliphatic hydroxyl groups excluding tert-OH is 1. The molecule has 140 valence electrons. The largest absolute Gasteiger partial charge is 0.393 e. The van der Waals surface area contributed by atoms with Gasteiger partial charge in [0.05, 0.1) is 11.5 Å². The van der Waals surface area contributed by atoms with Gasteiger partial charge in [0.1, 0.15) is 0 Å². The lowest BCUT2D eigenvalue weighted by Crippen LogP contribution is -2.51. The van der Waals surface area contributed by atoms with Gasteiger partial charge in [-0.25, -0.2) is 0 Å². The van der Waals surface area contributed by atoms with Crippen LogP contribution in [0, 0.1) is 5.41 Å². The number of hydrogen-bond acceptors (Lipinski definition) is 3. The number of carbonyl (C=O) groups excluding carboxylic acids is 2. The Morgan fingerprint density at radius 1 is 1.04 bits per heavy atom. The van der Waals surface area contributed by atoms with Crippen LogP contribution in [0.25, 0.3) is 0 Å². The zero-order chi connectivity index (χ0) is 18.1. The van der Waals surface area contributed by atoms with Crippen molar-refractivity contribution in [3.05, 3.63) is 35.9 Å². The first kappa shape index (κ1) is 17.5. The van der Waals surface area contributed by atoms with E-state index in [0.29, 0.717) is 12.1 Å². The molecule has 1 aromatic rings. The normalized spacial score (nSPS) is 32.3. The van der Waals surface area contributed by atoms with E-state index in [-0.39, 0.29) is 24.0 Å². The monoisotopic (exact) mass is 356 g/mol. The van der Waals surface area contributed by atoms with Crippen molar-refractivity contribution in [3.63, 3.8) is 0 Å². The summed E-state index contributed by atoms with van der Waals surface area (Å²) in [5.41, 5.74) is 0.312. The molecule has 1 spiro atoms. The molecule has 1 N–H and O–H groups in total. The molecule has 1 saturated carbocycles. The number of rotatable bonds is 2. The molecule has 0 bridgehead atoms. The van der Waals surface area contributed by atoms with E-state index < -0.39 is 5.41 Å². The summed E-state index contributed by atoms with van der Waals surface area (Å²) in [5, 5.41) is 9.73. The molecule has 1 aliphatic carbocycles. The minimum absolute atomic E-state index is 0.0386. The van der Waals surface area contributed by atoms with E-state index >= 15 is 0 Å². The van der Waals surface area contributed by atoms with Gasteiger partial charge in [-0.05, 0) is 57.1 Å². The van der Waals surface area contributed by atoms with Gasteiger partial charge in [0, 0.05) is 31.2 Å². The van der Waals surface area contributed by atoms with Crippen LogP contribution in [0.1, 0.15) is 55.3 Å². The molecular formula is C21H28N2O3. The zero-order valence-electron chi connectivity index (χ0n) is 15.3. The summed E-state index contributed by atoms with van der Waals surface area (Å²) in [7, 11) is 0. The van der Waals surface area contributed by atoms with Crippen LogP contribution < -0.4 is 0 Å². The second kappa shape index (κ2) is 7.03. The summed E-state index contributed by atoms with van der Waals surface area (Å²) < 4.78 is 0. The number of piperidine rings is 1. The Morgan fingerprint density at radius 2 is 1.77 bits per heavy atom. The van der Waals surface area contributed by atoms with Crippen molar-refractivity contribution >= 4 is 11.8 Å². The van der Waals surface area contributed by atoms with E-state index in [2.05, 4.69) is 4.90 Å². The van der Waals surface area contributed by atoms with E-state index in [1.54, 1.807) is 0 Å². The van der Waals surface area contributed by atoms with Gasteiger partial charge in [0.25, 0.3) is 5.91 Å². The molecule has 1 unspecified atom stereocenters. The minimum Gasteiger partial charge on any atom is -0.393 e. The number of hydrogen-bond donors (Lipinski definition) is 1. The number of nitrogens with zero attached hydrogens (tertiary/aromatic N) is 2. The van der Waals surface area contributed by atoms with Crippen LogP contribution >= 0.6 is 0 Å². The van der Waals surface area contributed by atoms with Gasteiger partial charge >= 0.3 is 0 Å². The average molecular weight is 356 g/mol. The summed E-state index contributed by atoms with van der Waals surface area (Å²) in [5.74, 6) is 0.279. The maximum atomic E-state index is 13.3. The van der Waals surface area contributed by atoms with Crippen molar-refractivity contribution in [2.75, 3.05) is 19.6 Å². The standard InChI is InChI=1S/C21H28N2O3/c24-18-9-7-17(8-10-18)23-14-12-21(20(23)26)11-4-13-22(15-21)19(25)16-5-2-1-3-6-16/h1-3,5-6,17-18,24H,4,7-15H2/t17-,18-,21?. The molecule has 1 atom stereocenters. The summed E-state index contributed by atoms with van der Waals surface area (Å²) >= 11 is 0. The lowest BCUT2D eigenvalue weighted by Gasteiger charge is -2.40. The average Bonchev–Trinajstić information content (AvgIpc) is 2.98.